The predicted octanol–water partition coefficient (Wildman–Crippen LogP) is 0.105. The van der Waals surface area contributed by atoms with Gasteiger partial charge in [0, 0.05) is 23.0 Å². The minimum Gasteiger partial charge on any atom is -0.476 e. The Morgan fingerprint density at radius 1 is 1.78 bits per heavy atom. The summed E-state index contributed by atoms with van der Waals surface area (Å²) in [4.78, 5) is 9.98. The van der Waals surface area contributed by atoms with E-state index in [9.17, 15) is 4.79 Å². The summed E-state index contributed by atoms with van der Waals surface area (Å²) in [5.74, 6) is -1.01. The fraction of sp³-hybridized carbons (Fsp3) is 0. The molecule has 5 heteroatoms. The van der Waals surface area contributed by atoms with Gasteiger partial charge in [0.05, 0.1) is 0 Å². The van der Waals surface area contributed by atoms with Crippen LogP contribution in [0.5, 0.6) is 0 Å². The molecule has 2 N–H and O–H groups in total. The first-order valence-corrected chi connectivity index (χ1v) is 2.04. The Kier molecular flexibility index (Phi) is 2.96. The summed E-state index contributed by atoms with van der Waals surface area (Å²) in [6.45, 7) is 0. The maximum Gasteiger partial charge on any atom is 0.356 e. The van der Waals surface area contributed by atoms with Crippen LogP contribution in [0, 0.1) is 0 Å². The van der Waals surface area contributed by atoms with Gasteiger partial charge in [-0.2, -0.15) is 5.10 Å². The summed E-state index contributed by atoms with van der Waals surface area (Å²) in [7, 11) is 0. The minimum atomic E-state index is -1.01. The van der Waals surface area contributed by atoms with E-state index in [0.29, 0.717) is 0 Å². The van der Waals surface area contributed by atoms with Crippen LogP contribution in [0.3, 0.4) is 0 Å². The molecule has 0 aliphatic heterocycles. The van der Waals surface area contributed by atoms with E-state index < -0.39 is 5.97 Å². The van der Waals surface area contributed by atoms with Crippen molar-refractivity contribution < 1.29 is 26.7 Å². The van der Waals surface area contributed by atoms with Crippen LogP contribution in [-0.4, -0.2) is 21.3 Å². The molecule has 1 rings (SSSR count). The molecule has 51 valence electrons. The normalized spacial score (nSPS) is 8.00. The molecule has 0 spiro atoms. The van der Waals surface area contributed by atoms with Gasteiger partial charge >= 0.3 is 5.97 Å². The quantitative estimate of drug-likeness (QED) is 0.629. The molecule has 0 unspecified atom stereocenters. The van der Waals surface area contributed by atoms with Gasteiger partial charge < -0.3 is 5.11 Å². The maximum absolute atomic E-state index is 9.98. The molecule has 1 aromatic heterocycles. The number of carboxylic acids is 1. The number of carboxylic acid groups (broad SMARTS) is 1. The molecule has 0 amide bonds. The number of aromatic carboxylic acids is 1. The summed E-state index contributed by atoms with van der Waals surface area (Å²) in [5, 5.41) is 14.0. The van der Waals surface area contributed by atoms with Gasteiger partial charge in [0.2, 0.25) is 0 Å². The Morgan fingerprint density at radius 3 is 2.67 bits per heavy atom. The van der Waals surface area contributed by atoms with Crippen molar-refractivity contribution in [3.05, 3.63) is 18.0 Å². The Balaban J connectivity index is 0.000000640. The number of nitrogens with zero attached hydrogens (tertiary/aromatic N) is 1. The fourth-order valence-corrected chi connectivity index (χ4v) is 0.379. The summed E-state index contributed by atoms with van der Waals surface area (Å²) in [6, 6.07) is 1.39. The van der Waals surface area contributed by atoms with E-state index in [0.717, 1.165) is 0 Å². The summed E-state index contributed by atoms with van der Waals surface area (Å²) in [5.41, 5.74) is 0.0463. The number of H-pyrrole nitrogens is 1. The van der Waals surface area contributed by atoms with Gasteiger partial charge in [0.15, 0.2) is 5.69 Å². The van der Waals surface area contributed by atoms with E-state index in [1.807, 2.05) is 0 Å². The zero-order chi connectivity index (χ0) is 5.98. The van der Waals surface area contributed by atoms with E-state index in [4.69, 9.17) is 5.11 Å². The molecule has 0 saturated carbocycles. The van der Waals surface area contributed by atoms with Crippen LogP contribution in [0.1, 0.15) is 10.5 Å². The predicted molar refractivity (Wildman–Crippen MR) is 25.5 cm³/mol. The van der Waals surface area contributed by atoms with Crippen molar-refractivity contribution in [1.82, 2.24) is 10.2 Å². The molecule has 0 aliphatic carbocycles. The number of aromatic amines is 1. The standard InChI is InChI=1S/C4H4N2O2.Co/c7-4(8)3-1-2-5-6-3;/h1-2H,(H,5,6)(H,7,8);. The van der Waals surface area contributed by atoms with Crippen molar-refractivity contribution >= 4 is 5.97 Å². The molecule has 1 heterocycles. The fourth-order valence-electron chi connectivity index (χ4n) is 0.379. The van der Waals surface area contributed by atoms with Gasteiger partial charge in [-0.25, -0.2) is 4.79 Å². The summed E-state index contributed by atoms with van der Waals surface area (Å²) in [6.07, 6.45) is 1.46. The molecule has 0 atom stereocenters. The van der Waals surface area contributed by atoms with Crippen molar-refractivity contribution in [2.75, 3.05) is 0 Å². The van der Waals surface area contributed by atoms with Gasteiger partial charge in [-0.05, 0) is 6.07 Å². The third-order valence-electron chi connectivity index (χ3n) is 0.720. The molecule has 0 bridgehead atoms. The van der Waals surface area contributed by atoms with Crippen molar-refractivity contribution in [1.29, 1.82) is 0 Å². The first kappa shape index (κ1) is 8.19. The number of nitrogens with one attached hydrogen (secondary N) is 1. The molecule has 0 aliphatic rings. The van der Waals surface area contributed by atoms with Gasteiger partial charge in [-0.1, -0.05) is 0 Å². The van der Waals surface area contributed by atoms with E-state index >= 15 is 0 Å². The molecule has 0 aromatic carbocycles. The largest absolute Gasteiger partial charge is 0.476 e. The maximum atomic E-state index is 9.98. The van der Waals surface area contributed by atoms with Crippen molar-refractivity contribution in [3.8, 4) is 0 Å². The molecule has 9 heavy (non-hydrogen) atoms. The van der Waals surface area contributed by atoms with Crippen LogP contribution in [0.4, 0.5) is 0 Å². The number of hydrogen-bond donors (Lipinski definition) is 2. The number of carbonyl (C=O) groups is 1. The molecule has 1 aromatic rings. The van der Waals surface area contributed by atoms with Gasteiger partial charge in [-0.15, -0.1) is 0 Å². The van der Waals surface area contributed by atoms with E-state index in [-0.39, 0.29) is 22.5 Å². The molecular formula is C4H4CoN2O2. The van der Waals surface area contributed by atoms with Crippen LogP contribution in [-0.2, 0) is 16.8 Å². The Bertz CT molecular complexity index is 184. The van der Waals surface area contributed by atoms with Gasteiger partial charge in [-0.3, -0.25) is 5.10 Å². The van der Waals surface area contributed by atoms with Crippen molar-refractivity contribution in [2.45, 2.75) is 0 Å². The molecule has 4 nitrogen and oxygen atoms in total. The van der Waals surface area contributed by atoms with E-state index in [2.05, 4.69) is 10.2 Å². The van der Waals surface area contributed by atoms with Gasteiger partial charge in [0.25, 0.3) is 0 Å². The Morgan fingerprint density at radius 2 is 2.44 bits per heavy atom. The third kappa shape index (κ3) is 1.86. The minimum absolute atomic E-state index is 0. The second-order valence-corrected chi connectivity index (χ2v) is 1.26. The van der Waals surface area contributed by atoms with Crippen LogP contribution >= 0.6 is 0 Å². The van der Waals surface area contributed by atoms with E-state index in [1.54, 1.807) is 0 Å². The Labute approximate surface area is 61.5 Å². The van der Waals surface area contributed by atoms with Crippen LogP contribution in [0.15, 0.2) is 12.3 Å². The zero-order valence-corrected chi connectivity index (χ0v) is 5.33. The van der Waals surface area contributed by atoms with Crippen LogP contribution < -0.4 is 0 Å². The van der Waals surface area contributed by atoms with Crippen molar-refractivity contribution in [3.63, 3.8) is 0 Å². The average Bonchev–Trinajstić information content (AvgIpc) is 2.12. The van der Waals surface area contributed by atoms with Crippen LogP contribution in [0.25, 0.3) is 0 Å². The number of rotatable bonds is 1. The van der Waals surface area contributed by atoms with E-state index in [1.165, 1.54) is 12.3 Å². The number of hydrogen-bond acceptors (Lipinski definition) is 2. The smallest absolute Gasteiger partial charge is 0.356 e. The summed E-state index contributed by atoms with van der Waals surface area (Å²) < 4.78 is 0. The Hall–Kier alpha value is -0.814. The molecule has 0 saturated heterocycles. The summed E-state index contributed by atoms with van der Waals surface area (Å²) >= 11 is 0. The second kappa shape index (κ2) is 3.26. The zero-order valence-electron chi connectivity index (χ0n) is 4.29. The first-order valence-electron chi connectivity index (χ1n) is 2.04. The van der Waals surface area contributed by atoms with Crippen molar-refractivity contribution in [2.24, 2.45) is 0 Å². The third-order valence-corrected chi connectivity index (χ3v) is 0.720. The SMILES string of the molecule is O=C(O)c1cc[nH]n1.[Co]. The average molecular weight is 171 g/mol. The molecular weight excluding hydrogens is 167 g/mol. The number of aromatic nitrogens is 2. The topological polar surface area (TPSA) is 66.0 Å². The first-order chi connectivity index (χ1) is 3.80. The monoisotopic (exact) mass is 171 g/mol. The molecule has 0 fully saturated rings. The molecule has 1 radical (unpaired) electrons. The second-order valence-electron chi connectivity index (χ2n) is 1.26. The van der Waals surface area contributed by atoms with Gasteiger partial charge in [0.1, 0.15) is 0 Å². The van der Waals surface area contributed by atoms with Crippen LogP contribution in [0.2, 0.25) is 0 Å².